The average Bonchev–Trinajstić information content (AvgIpc) is 3.20. The summed E-state index contributed by atoms with van der Waals surface area (Å²) in [6, 6.07) is 19.2. The summed E-state index contributed by atoms with van der Waals surface area (Å²) in [7, 11) is 1.58. The van der Waals surface area contributed by atoms with Crippen LogP contribution in [0, 0.1) is 0 Å². The van der Waals surface area contributed by atoms with Crippen molar-refractivity contribution in [3.05, 3.63) is 76.5 Å². The molecule has 1 unspecified atom stereocenters. The van der Waals surface area contributed by atoms with Gasteiger partial charge in [-0.1, -0.05) is 36.4 Å². The molecule has 134 valence electrons. The van der Waals surface area contributed by atoms with Crippen molar-refractivity contribution < 1.29 is 9.00 Å². The Hall–Kier alpha value is -1.93. The smallest absolute Gasteiger partial charge is 0.251 e. The lowest BCUT2D eigenvalue weighted by Crippen LogP contribution is -2.18. The van der Waals surface area contributed by atoms with Crippen LogP contribution in [0.15, 0.2) is 70.9 Å². The van der Waals surface area contributed by atoms with Gasteiger partial charge in [0.1, 0.15) is 0 Å². The number of hydrogen-bond acceptors (Lipinski definition) is 4. The van der Waals surface area contributed by atoms with Crippen LogP contribution < -0.4 is 10.0 Å². The van der Waals surface area contributed by atoms with Gasteiger partial charge in [0.2, 0.25) is 0 Å². The third kappa shape index (κ3) is 4.82. The number of nitrogens with one attached hydrogen (secondary N) is 2. The molecule has 7 heteroatoms. The van der Waals surface area contributed by atoms with Crippen molar-refractivity contribution in [2.24, 2.45) is 0 Å². The number of hydrogen-bond donors (Lipinski definition) is 2. The van der Waals surface area contributed by atoms with Gasteiger partial charge in [0.25, 0.3) is 5.91 Å². The van der Waals surface area contributed by atoms with Crippen molar-refractivity contribution in [2.75, 3.05) is 7.05 Å². The molecule has 0 radical (unpaired) electrons. The molecule has 3 rings (SSSR count). The molecule has 1 amide bonds. The highest BCUT2D eigenvalue weighted by atomic mass is 33.1. The van der Waals surface area contributed by atoms with E-state index in [1.54, 1.807) is 24.5 Å². The third-order valence-electron chi connectivity index (χ3n) is 3.66. The second kappa shape index (κ2) is 9.14. The highest BCUT2D eigenvalue weighted by Gasteiger charge is 2.14. The van der Waals surface area contributed by atoms with E-state index < -0.39 is 10.0 Å². The highest BCUT2D eigenvalue weighted by Crippen LogP contribution is 2.30. The molecule has 1 aromatic heterocycles. The van der Waals surface area contributed by atoms with E-state index in [1.165, 1.54) is 10.8 Å². The average molecular weight is 403 g/mol. The molecule has 0 aliphatic carbocycles. The third-order valence-corrected chi connectivity index (χ3v) is 6.90. The van der Waals surface area contributed by atoms with Gasteiger partial charge in [0.15, 0.2) is 10.0 Å². The van der Waals surface area contributed by atoms with Gasteiger partial charge in [-0.25, -0.2) is 8.93 Å². The van der Waals surface area contributed by atoms with Crippen LogP contribution in [-0.4, -0.2) is 17.2 Å². The maximum absolute atomic E-state index is 12.3. The summed E-state index contributed by atoms with van der Waals surface area (Å²) in [5, 5.41) is 4.67. The second-order valence-corrected chi connectivity index (χ2v) is 9.21. The zero-order chi connectivity index (χ0) is 18.4. The normalized spacial score (nSPS) is 11.9. The van der Waals surface area contributed by atoms with E-state index in [0.29, 0.717) is 12.1 Å². The number of carbonyl (C=O) groups is 1. The minimum Gasteiger partial charge on any atom is -0.355 e. The number of benzene rings is 2. The van der Waals surface area contributed by atoms with Gasteiger partial charge >= 0.3 is 0 Å². The molecule has 0 fully saturated rings. The first kappa shape index (κ1) is 18.8. The van der Waals surface area contributed by atoms with Crippen LogP contribution >= 0.6 is 22.1 Å². The van der Waals surface area contributed by atoms with E-state index in [-0.39, 0.29) is 5.91 Å². The Bertz CT molecular complexity index is 896. The summed E-state index contributed by atoms with van der Waals surface area (Å²) < 4.78 is 15.3. The van der Waals surface area contributed by atoms with Gasteiger partial charge in [-0.15, -0.1) is 11.3 Å². The fourth-order valence-corrected chi connectivity index (χ4v) is 5.15. The molecular weight excluding hydrogens is 384 g/mol. The summed E-state index contributed by atoms with van der Waals surface area (Å²) in [5.74, 6) is -0.141. The van der Waals surface area contributed by atoms with Crippen molar-refractivity contribution in [1.82, 2.24) is 10.0 Å². The van der Waals surface area contributed by atoms with Gasteiger partial charge in [-0.3, -0.25) is 4.79 Å². The molecule has 0 aliphatic rings. The Morgan fingerprint density at radius 1 is 1.12 bits per heavy atom. The Kier molecular flexibility index (Phi) is 6.62. The standard InChI is InChI=1S/C19H18N2O2S3/c1-20-19(22)17-10-9-15(12-18(17)14-6-3-2-4-7-14)25-26(23)21-13-16-8-5-11-24-16/h2-12,21H,13H2,1H3,(H,20,22). The summed E-state index contributed by atoms with van der Waals surface area (Å²) in [4.78, 5) is 14.2. The van der Waals surface area contributed by atoms with Crippen molar-refractivity contribution in [2.45, 2.75) is 11.4 Å². The predicted octanol–water partition coefficient (Wildman–Crippen LogP) is 4.24. The lowest BCUT2D eigenvalue weighted by molar-refractivity contribution is 0.0963. The number of thiophene rings is 1. The van der Waals surface area contributed by atoms with Crippen LogP contribution in [0.3, 0.4) is 0 Å². The molecule has 4 nitrogen and oxygen atoms in total. The fourth-order valence-electron chi connectivity index (χ4n) is 2.42. The zero-order valence-corrected chi connectivity index (χ0v) is 16.5. The summed E-state index contributed by atoms with van der Waals surface area (Å²) in [6.07, 6.45) is 0. The highest BCUT2D eigenvalue weighted by molar-refractivity contribution is 8.68. The van der Waals surface area contributed by atoms with Crippen LogP contribution in [0.4, 0.5) is 0 Å². The first-order valence-corrected chi connectivity index (χ1v) is 11.3. The number of carbonyl (C=O) groups excluding carboxylic acids is 1. The number of rotatable bonds is 7. The van der Waals surface area contributed by atoms with Crippen molar-refractivity contribution in [1.29, 1.82) is 0 Å². The van der Waals surface area contributed by atoms with Gasteiger partial charge in [0.05, 0.1) is 0 Å². The second-order valence-electron chi connectivity index (χ2n) is 5.37. The van der Waals surface area contributed by atoms with Crippen LogP contribution in [-0.2, 0) is 16.6 Å². The van der Waals surface area contributed by atoms with Crippen LogP contribution in [0.2, 0.25) is 0 Å². The predicted molar refractivity (Wildman–Crippen MR) is 110 cm³/mol. The quantitative estimate of drug-likeness (QED) is 0.581. The first-order valence-electron chi connectivity index (χ1n) is 7.95. The van der Waals surface area contributed by atoms with E-state index in [4.69, 9.17) is 0 Å². The molecule has 0 saturated carbocycles. The lowest BCUT2D eigenvalue weighted by Gasteiger charge is -2.11. The molecule has 2 aromatic carbocycles. The Morgan fingerprint density at radius 2 is 1.92 bits per heavy atom. The van der Waals surface area contributed by atoms with E-state index in [2.05, 4.69) is 10.0 Å². The largest absolute Gasteiger partial charge is 0.355 e. The molecule has 0 saturated heterocycles. The van der Waals surface area contributed by atoms with Gasteiger partial charge in [-0.05, 0) is 51.6 Å². The molecule has 2 N–H and O–H groups in total. The summed E-state index contributed by atoms with van der Waals surface area (Å²) in [6.45, 7) is 0.569. The van der Waals surface area contributed by atoms with Crippen molar-refractivity contribution in [3.63, 3.8) is 0 Å². The minimum absolute atomic E-state index is 0.141. The molecule has 0 aliphatic heterocycles. The monoisotopic (exact) mass is 402 g/mol. The Labute approximate surface area is 163 Å². The maximum Gasteiger partial charge on any atom is 0.251 e. The van der Waals surface area contributed by atoms with Gasteiger partial charge in [0, 0.05) is 28.9 Å². The Balaban J connectivity index is 1.80. The molecule has 26 heavy (non-hydrogen) atoms. The summed E-state index contributed by atoms with van der Waals surface area (Å²) in [5.41, 5.74) is 2.37. The van der Waals surface area contributed by atoms with E-state index in [1.807, 2.05) is 60.0 Å². The zero-order valence-electron chi connectivity index (χ0n) is 14.1. The molecule has 3 aromatic rings. The lowest BCUT2D eigenvalue weighted by atomic mass is 9.99. The number of amides is 1. The SMILES string of the molecule is CNC(=O)c1ccc(SS(=O)NCc2cccs2)cc1-c1ccccc1. The van der Waals surface area contributed by atoms with E-state index in [9.17, 15) is 9.00 Å². The van der Waals surface area contributed by atoms with Crippen LogP contribution in [0.25, 0.3) is 11.1 Å². The van der Waals surface area contributed by atoms with E-state index in [0.717, 1.165) is 20.9 Å². The molecule has 1 heterocycles. The van der Waals surface area contributed by atoms with Gasteiger partial charge < -0.3 is 5.32 Å². The summed E-state index contributed by atoms with van der Waals surface area (Å²) >= 11 is 1.63. The molecule has 0 spiro atoms. The first-order chi connectivity index (χ1) is 12.7. The van der Waals surface area contributed by atoms with Crippen LogP contribution in [0.5, 0.6) is 0 Å². The molecule has 1 atom stereocenters. The Morgan fingerprint density at radius 3 is 2.62 bits per heavy atom. The molecule has 0 bridgehead atoms. The van der Waals surface area contributed by atoms with E-state index >= 15 is 0 Å². The van der Waals surface area contributed by atoms with Crippen molar-refractivity contribution in [3.8, 4) is 11.1 Å². The topological polar surface area (TPSA) is 58.2 Å². The van der Waals surface area contributed by atoms with Crippen LogP contribution in [0.1, 0.15) is 15.2 Å². The fraction of sp³-hybridized carbons (Fsp3) is 0.105. The minimum atomic E-state index is -1.27. The molecular formula is C19H18N2O2S3. The van der Waals surface area contributed by atoms with Crippen molar-refractivity contribution >= 4 is 38.1 Å². The maximum atomic E-state index is 12.3. The van der Waals surface area contributed by atoms with Gasteiger partial charge in [-0.2, -0.15) is 0 Å².